The van der Waals surface area contributed by atoms with Gasteiger partial charge in [0.2, 0.25) is 0 Å². The first-order valence-electron chi connectivity index (χ1n) is 6.93. The maximum atomic E-state index is 12.3. The summed E-state index contributed by atoms with van der Waals surface area (Å²) in [7, 11) is 0. The summed E-state index contributed by atoms with van der Waals surface area (Å²) in [6, 6.07) is 8.44. The number of benzene rings is 1. The molecule has 2 rings (SSSR count). The Kier molecular flexibility index (Phi) is 3.83. The first kappa shape index (κ1) is 13.9. The first-order valence-corrected chi connectivity index (χ1v) is 6.93. The minimum absolute atomic E-state index is 0.163. The number of ether oxygens (including phenoxy) is 1. The van der Waals surface area contributed by atoms with Crippen molar-refractivity contribution in [1.29, 1.82) is 0 Å². The fourth-order valence-corrected chi connectivity index (χ4v) is 2.59. The number of carbonyl (C=O) groups is 1. The van der Waals surface area contributed by atoms with Crippen molar-refractivity contribution in [2.45, 2.75) is 52.2 Å². The number of aryl methyl sites for hydroxylation is 1. The van der Waals surface area contributed by atoms with Gasteiger partial charge in [-0.3, -0.25) is 0 Å². The Bertz CT molecular complexity index is 462. The summed E-state index contributed by atoms with van der Waals surface area (Å²) in [6.07, 6.45) is 1.86. The number of hydrogen-bond donors (Lipinski definition) is 0. The molecular formula is C16H23NO2. The average Bonchev–Trinajstić information content (AvgIpc) is 2.76. The molecule has 0 aromatic heterocycles. The Balaban J connectivity index is 2.18. The highest BCUT2D eigenvalue weighted by molar-refractivity contribution is 5.69. The predicted octanol–water partition coefficient (Wildman–Crippen LogP) is 4.07. The Hall–Kier alpha value is -1.51. The van der Waals surface area contributed by atoms with E-state index in [0.29, 0.717) is 0 Å². The average molecular weight is 261 g/mol. The van der Waals surface area contributed by atoms with E-state index >= 15 is 0 Å². The molecule has 0 N–H and O–H groups in total. The molecule has 0 bridgehead atoms. The summed E-state index contributed by atoms with van der Waals surface area (Å²) in [5.41, 5.74) is 2.05. The van der Waals surface area contributed by atoms with Crippen molar-refractivity contribution in [2.24, 2.45) is 0 Å². The Morgan fingerprint density at radius 3 is 2.63 bits per heavy atom. The van der Waals surface area contributed by atoms with Crippen LogP contribution in [0.3, 0.4) is 0 Å². The third-order valence-electron chi connectivity index (χ3n) is 3.43. The second-order valence-electron chi connectivity index (χ2n) is 6.19. The highest BCUT2D eigenvalue weighted by Gasteiger charge is 2.33. The van der Waals surface area contributed by atoms with Crippen LogP contribution in [0.5, 0.6) is 0 Å². The van der Waals surface area contributed by atoms with Gasteiger partial charge in [0.1, 0.15) is 5.60 Å². The standard InChI is InChI=1S/C16H23NO2/c1-12-8-5-6-9-13(12)14-10-7-11-17(14)15(18)19-16(2,3)4/h5-6,8-9,14H,7,10-11H2,1-4H3/t14-/m0/s1. The van der Waals surface area contributed by atoms with E-state index < -0.39 is 5.60 Å². The van der Waals surface area contributed by atoms with Gasteiger partial charge >= 0.3 is 6.09 Å². The van der Waals surface area contributed by atoms with Crippen molar-refractivity contribution in [2.75, 3.05) is 6.54 Å². The Morgan fingerprint density at radius 2 is 2.00 bits per heavy atom. The molecule has 1 aromatic rings. The lowest BCUT2D eigenvalue weighted by Crippen LogP contribution is -2.36. The SMILES string of the molecule is Cc1ccccc1[C@@H]1CCCN1C(=O)OC(C)(C)C. The number of rotatable bonds is 1. The second kappa shape index (κ2) is 5.24. The lowest BCUT2D eigenvalue weighted by molar-refractivity contribution is 0.0224. The fourth-order valence-electron chi connectivity index (χ4n) is 2.59. The van der Waals surface area contributed by atoms with E-state index in [1.807, 2.05) is 37.8 Å². The molecular weight excluding hydrogens is 238 g/mol. The molecule has 0 spiro atoms. The molecule has 0 aliphatic carbocycles. The Morgan fingerprint density at radius 1 is 1.32 bits per heavy atom. The predicted molar refractivity (Wildman–Crippen MR) is 76.1 cm³/mol. The quantitative estimate of drug-likeness (QED) is 0.762. The van der Waals surface area contributed by atoms with E-state index in [2.05, 4.69) is 19.1 Å². The van der Waals surface area contributed by atoms with Crippen LogP contribution in [-0.4, -0.2) is 23.1 Å². The van der Waals surface area contributed by atoms with Crippen LogP contribution in [0.15, 0.2) is 24.3 Å². The number of nitrogens with zero attached hydrogens (tertiary/aromatic N) is 1. The van der Waals surface area contributed by atoms with Crippen LogP contribution in [0.1, 0.15) is 50.8 Å². The molecule has 1 aliphatic heterocycles. The minimum atomic E-state index is -0.435. The van der Waals surface area contributed by atoms with Crippen LogP contribution < -0.4 is 0 Å². The summed E-state index contributed by atoms with van der Waals surface area (Å²) < 4.78 is 5.50. The molecule has 104 valence electrons. The molecule has 0 saturated carbocycles. The lowest BCUT2D eigenvalue weighted by Gasteiger charge is -2.29. The van der Waals surface area contributed by atoms with Gasteiger partial charge in [0.15, 0.2) is 0 Å². The maximum absolute atomic E-state index is 12.3. The largest absolute Gasteiger partial charge is 0.444 e. The monoisotopic (exact) mass is 261 g/mol. The van der Waals surface area contributed by atoms with Crippen molar-refractivity contribution in [3.05, 3.63) is 35.4 Å². The molecule has 1 saturated heterocycles. The molecule has 1 aromatic carbocycles. The number of likely N-dealkylation sites (tertiary alicyclic amines) is 1. The van der Waals surface area contributed by atoms with Crippen LogP contribution in [0.25, 0.3) is 0 Å². The highest BCUT2D eigenvalue weighted by Crippen LogP contribution is 2.34. The van der Waals surface area contributed by atoms with Gasteiger partial charge in [-0.15, -0.1) is 0 Å². The smallest absolute Gasteiger partial charge is 0.410 e. The fraction of sp³-hybridized carbons (Fsp3) is 0.562. The molecule has 19 heavy (non-hydrogen) atoms. The zero-order valence-corrected chi connectivity index (χ0v) is 12.3. The normalized spacial score (nSPS) is 19.6. The second-order valence-corrected chi connectivity index (χ2v) is 6.19. The number of hydrogen-bond acceptors (Lipinski definition) is 2. The summed E-state index contributed by atoms with van der Waals surface area (Å²) in [6.45, 7) is 8.60. The van der Waals surface area contributed by atoms with E-state index in [1.165, 1.54) is 11.1 Å². The van der Waals surface area contributed by atoms with Gasteiger partial charge in [0.05, 0.1) is 6.04 Å². The maximum Gasteiger partial charge on any atom is 0.410 e. The van der Waals surface area contributed by atoms with Crippen molar-refractivity contribution in [1.82, 2.24) is 4.90 Å². The van der Waals surface area contributed by atoms with Gasteiger partial charge in [-0.25, -0.2) is 4.79 Å². The van der Waals surface area contributed by atoms with Crippen LogP contribution in [0, 0.1) is 6.92 Å². The van der Waals surface area contributed by atoms with Crippen LogP contribution in [-0.2, 0) is 4.74 Å². The van der Waals surface area contributed by atoms with Gasteiger partial charge in [-0.2, -0.15) is 0 Å². The van der Waals surface area contributed by atoms with Gasteiger partial charge in [0.25, 0.3) is 0 Å². The van der Waals surface area contributed by atoms with Crippen molar-refractivity contribution >= 4 is 6.09 Å². The lowest BCUT2D eigenvalue weighted by atomic mass is 10.00. The summed E-state index contributed by atoms with van der Waals surface area (Å²) in [4.78, 5) is 14.1. The zero-order chi connectivity index (χ0) is 14.0. The summed E-state index contributed by atoms with van der Waals surface area (Å²) in [5.74, 6) is 0. The van der Waals surface area contributed by atoms with Gasteiger partial charge < -0.3 is 9.64 Å². The van der Waals surface area contributed by atoms with Crippen LogP contribution in [0.2, 0.25) is 0 Å². The number of carbonyl (C=O) groups excluding carboxylic acids is 1. The van der Waals surface area contributed by atoms with E-state index in [1.54, 1.807) is 0 Å². The van der Waals surface area contributed by atoms with Crippen molar-refractivity contribution < 1.29 is 9.53 Å². The van der Waals surface area contributed by atoms with Crippen molar-refractivity contribution in [3.63, 3.8) is 0 Å². The molecule has 1 heterocycles. The molecule has 3 heteroatoms. The van der Waals surface area contributed by atoms with Crippen LogP contribution in [0.4, 0.5) is 4.79 Å². The van der Waals surface area contributed by atoms with E-state index in [-0.39, 0.29) is 12.1 Å². The van der Waals surface area contributed by atoms with Crippen LogP contribution >= 0.6 is 0 Å². The molecule has 1 aliphatic rings. The minimum Gasteiger partial charge on any atom is -0.444 e. The summed E-state index contributed by atoms with van der Waals surface area (Å²) in [5, 5.41) is 0. The van der Waals surface area contributed by atoms with Gasteiger partial charge in [0, 0.05) is 6.54 Å². The van der Waals surface area contributed by atoms with Crippen molar-refractivity contribution in [3.8, 4) is 0 Å². The third kappa shape index (κ3) is 3.28. The van der Waals surface area contributed by atoms with Gasteiger partial charge in [-0.05, 0) is 51.7 Å². The Labute approximate surface area is 115 Å². The highest BCUT2D eigenvalue weighted by atomic mass is 16.6. The molecule has 0 radical (unpaired) electrons. The van der Waals surface area contributed by atoms with E-state index in [4.69, 9.17) is 4.74 Å². The van der Waals surface area contributed by atoms with Gasteiger partial charge in [-0.1, -0.05) is 24.3 Å². The topological polar surface area (TPSA) is 29.5 Å². The number of amides is 1. The third-order valence-corrected chi connectivity index (χ3v) is 3.43. The molecule has 3 nitrogen and oxygen atoms in total. The molecule has 1 amide bonds. The van der Waals surface area contributed by atoms with E-state index in [0.717, 1.165) is 19.4 Å². The molecule has 1 atom stereocenters. The molecule has 0 unspecified atom stereocenters. The zero-order valence-electron chi connectivity index (χ0n) is 12.3. The summed E-state index contributed by atoms with van der Waals surface area (Å²) >= 11 is 0. The van der Waals surface area contributed by atoms with E-state index in [9.17, 15) is 4.79 Å². The molecule has 1 fully saturated rings. The first-order chi connectivity index (χ1) is 8.88.